The molecule has 1 aliphatic heterocycles. The van der Waals surface area contributed by atoms with Crippen molar-refractivity contribution in [2.45, 2.75) is 6.92 Å². The molecule has 114 valence electrons. The average molecular weight is 305 g/mol. The molecule has 0 bridgehead atoms. The van der Waals surface area contributed by atoms with Gasteiger partial charge in [0.05, 0.1) is 24.0 Å². The molecule has 0 saturated carbocycles. The second-order valence-electron chi connectivity index (χ2n) is 5.44. The lowest BCUT2D eigenvalue weighted by Crippen LogP contribution is -2.10. The molecule has 2 N–H and O–H groups in total. The number of carbonyl (C=O) groups is 1. The zero-order chi connectivity index (χ0) is 16.0. The van der Waals surface area contributed by atoms with E-state index in [1.54, 1.807) is 19.4 Å². The third kappa shape index (κ3) is 2.01. The number of carbonyl (C=O) groups excluding carboxylic acids is 1. The molecule has 5 nitrogen and oxygen atoms in total. The van der Waals surface area contributed by atoms with Gasteiger partial charge in [-0.2, -0.15) is 0 Å². The second kappa shape index (κ2) is 4.98. The fourth-order valence-electron chi connectivity index (χ4n) is 3.07. The van der Waals surface area contributed by atoms with Crippen molar-refractivity contribution in [2.24, 2.45) is 0 Å². The van der Waals surface area contributed by atoms with Gasteiger partial charge in [-0.25, -0.2) is 0 Å². The summed E-state index contributed by atoms with van der Waals surface area (Å²) in [6, 6.07) is 11.9. The summed E-state index contributed by atoms with van der Waals surface area (Å²) in [6.07, 6.45) is 1.77. The molecule has 0 fully saturated rings. The minimum Gasteiger partial charge on any atom is -0.494 e. The lowest BCUT2D eigenvalue weighted by molar-refractivity contribution is -0.114. The monoisotopic (exact) mass is 305 g/mol. The molecule has 4 rings (SSSR count). The van der Waals surface area contributed by atoms with Gasteiger partial charge in [0.1, 0.15) is 5.75 Å². The van der Waals surface area contributed by atoms with E-state index < -0.39 is 0 Å². The van der Waals surface area contributed by atoms with Crippen LogP contribution in [0.1, 0.15) is 6.92 Å². The second-order valence-corrected chi connectivity index (χ2v) is 5.44. The first-order valence-electron chi connectivity index (χ1n) is 7.33. The summed E-state index contributed by atoms with van der Waals surface area (Å²) in [5.41, 5.74) is 5.47. The summed E-state index contributed by atoms with van der Waals surface area (Å²) in [6.45, 7) is 1.48. The molecule has 0 spiro atoms. The Balaban J connectivity index is 2.11. The van der Waals surface area contributed by atoms with Crippen molar-refractivity contribution in [3.05, 3.63) is 42.6 Å². The standard InChI is InChI=1S/C18H15N3O2/c1-10(22)20-14-9-15(23-2)18-16-12(7-8-19-17(14)16)11-5-3-4-6-13(11)21-18/h3-9,21H,1-2H3,(H,20,22). The lowest BCUT2D eigenvalue weighted by Gasteiger charge is -2.24. The Kier molecular flexibility index (Phi) is 2.94. The molecular weight excluding hydrogens is 290 g/mol. The number of nitrogens with zero attached hydrogens (tertiary/aromatic N) is 1. The third-order valence-corrected chi connectivity index (χ3v) is 3.99. The molecule has 23 heavy (non-hydrogen) atoms. The highest BCUT2D eigenvalue weighted by atomic mass is 16.5. The fraction of sp³-hybridized carbons (Fsp3) is 0.111. The van der Waals surface area contributed by atoms with Gasteiger partial charge in [0.15, 0.2) is 0 Å². The molecule has 1 amide bonds. The molecule has 0 aliphatic carbocycles. The largest absolute Gasteiger partial charge is 0.494 e. The van der Waals surface area contributed by atoms with Gasteiger partial charge < -0.3 is 15.4 Å². The van der Waals surface area contributed by atoms with Crippen LogP contribution in [0, 0.1) is 0 Å². The van der Waals surface area contributed by atoms with Crippen LogP contribution in [0.15, 0.2) is 42.6 Å². The van der Waals surface area contributed by atoms with Crippen LogP contribution in [0.5, 0.6) is 5.75 Å². The Morgan fingerprint density at radius 1 is 1.22 bits per heavy atom. The molecule has 2 heterocycles. The molecule has 3 aromatic rings. The Morgan fingerprint density at radius 2 is 2.04 bits per heavy atom. The number of amides is 1. The molecule has 1 aromatic heterocycles. The normalized spacial score (nSPS) is 11.6. The van der Waals surface area contributed by atoms with E-state index in [1.807, 2.05) is 24.3 Å². The third-order valence-electron chi connectivity index (χ3n) is 3.99. The number of para-hydroxylation sites is 1. The summed E-state index contributed by atoms with van der Waals surface area (Å²) in [4.78, 5) is 16.0. The maximum atomic E-state index is 11.5. The first-order valence-corrected chi connectivity index (χ1v) is 7.33. The number of anilines is 3. The number of hydrogen-bond acceptors (Lipinski definition) is 4. The lowest BCUT2D eigenvalue weighted by atomic mass is 9.94. The van der Waals surface area contributed by atoms with Crippen molar-refractivity contribution in [3.8, 4) is 16.9 Å². The maximum Gasteiger partial charge on any atom is 0.221 e. The minimum absolute atomic E-state index is 0.140. The van der Waals surface area contributed by atoms with Gasteiger partial charge in [-0.3, -0.25) is 9.78 Å². The molecule has 2 aromatic carbocycles. The van der Waals surface area contributed by atoms with Gasteiger partial charge in [0.2, 0.25) is 5.91 Å². The topological polar surface area (TPSA) is 63.2 Å². The summed E-state index contributed by atoms with van der Waals surface area (Å²) in [5.74, 6) is 0.531. The van der Waals surface area contributed by atoms with Crippen molar-refractivity contribution < 1.29 is 9.53 Å². The van der Waals surface area contributed by atoms with Crippen LogP contribution in [0.4, 0.5) is 17.1 Å². The molecule has 0 saturated heterocycles. The quantitative estimate of drug-likeness (QED) is 0.589. The van der Waals surface area contributed by atoms with E-state index in [0.717, 1.165) is 33.4 Å². The molecule has 0 unspecified atom stereocenters. The van der Waals surface area contributed by atoms with Gasteiger partial charge in [0, 0.05) is 35.8 Å². The predicted octanol–water partition coefficient (Wildman–Crippen LogP) is 3.93. The molecular formula is C18H15N3O2. The Labute approximate surface area is 133 Å². The van der Waals surface area contributed by atoms with Gasteiger partial charge in [0.25, 0.3) is 0 Å². The van der Waals surface area contributed by atoms with Crippen LogP contribution in [-0.2, 0) is 4.79 Å². The Morgan fingerprint density at radius 3 is 2.83 bits per heavy atom. The summed E-state index contributed by atoms with van der Waals surface area (Å²) in [5, 5.41) is 7.22. The van der Waals surface area contributed by atoms with Crippen molar-refractivity contribution in [3.63, 3.8) is 0 Å². The molecule has 0 atom stereocenters. The van der Waals surface area contributed by atoms with Crippen LogP contribution in [0.25, 0.3) is 22.0 Å². The van der Waals surface area contributed by atoms with Crippen molar-refractivity contribution in [1.29, 1.82) is 0 Å². The number of ether oxygens (including phenoxy) is 1. The van der Waals surface area contributed by atoms with Gasteiger partial charge in [-0.05, 0) is 17.7 Å². The molecule has 0 radical (unpaired) electrons. The van der Waals surface area contributed by atoms with Crippen LogP contribution in [0.2, 0.25) is 0 Å². The van der Waals surface area contributed by atoms with Gasteiger partial charge in [-0.15, -0.1) is 0 Å². The highest BCUT2D eigenvalue weighted by molar-refractivity contribution is 6.16. The SMILES string of the molecule is COc1cc(NC(C)=O)c2nccc3c2c1Nc1ccccc1-3. The number of nitrogens with one attached hydrogen (secondary N) is 2. The van der Waals surface area contributed by atoms with E-state index in [2.05, 4.69) is 21.7 Å². The van der Waals surface area contributed by atoms with E-state index >= 15 is 0 Å². The highest BCUT2D eigenvalue weighted by Gasteiger charge is 2.23. The van der Waals surface area contributed by atoms with E-state index in [1.165, 1.54) is 6.92 Å². The first kappa shape index (κ1) is 13.6. The Hall–Kier alpha value is -3.08. The van der Waals surface area contributed by atoms with E-state index in [4.69, 9.17) is 4.74 Å². The average Bonchev–Trinajstić information content (AvgIpc) is 2.57. The van der Waals surface area contributed by atoms with Crippen LogP contribution in [-0.4, -0.2) is 18.0 Å². The Bertz CT molecular complexity index is 950. The number of hydrogen-bond donors (Lipinski definition) is 2. The fourth-order valence-corrected chi connectivity index (χ4v) is 3.07. The summed E-state index contributed by atoms with van der Waals surface area (Å²) >= 11 is 0. The van der Waals surface area contributed by atoms with E-state index in [9.17, 15) is 4.79 Å². The number of aromatic nitrogens is 1. The first-order chi connectivity index (χ1) is 11.2. The van der Waals surface area contributed by atoms with E-state index in [-0.39, 0.29) is 5.91 Å². The number of benzene rings is 2. The van der Waals surface area contributed by atoms with Crippen molar-refractivity contribution in [2.75, 3.05) is 17.7 Å². The number of fused-ring (bicyclic) bond motifs is 2. The maximum absolute atomic E-state index is 11.5. The predicted molar refractivity (Wildman–Crippen MR) is 91.3 cm³/mol. The van der Waals surface area contributed by atoms with Gasteiger partial charge in [-0.1, -0.05) is 18.2 Å². The molecule has 1 aliphatic rings. The number of methoxy groups -OCH3 is 1. The van der Waals surface area contributed by atoms with Crippen molar-refractivity contribution >= 4 is 33.9 Å². The highest BCUT2D eigenvalue weighted by Crippen LogP contribution is 2.48. The van der Waals surface area contributed by atoms with Crippen LogP contribution >= 0.6 is 0 Å². The van der Waals surface area contributed by atoms with Gasteiger partial charge >= 0.3 is 0 Å². The zero-order valence-corrected chi connectivity index (χ0v) is 12.8. The van der Waals surface area contributed by atoms with E-state index in [0.29, 0.717) is 11.4 Å². The minimum atomic E-state index is -0.140. The summed E-state index contributed by atoms with van der Waals surface area (Å²) < 4.78 is 5.53. The van der Waals surface area contributed by atoms with Crippen molar-refractivity contribution in [1.82, 2.24) is 4.98 Å². The van der Waals surface area contributed by atoms with Crippen LogP contribution in [0.3, 0.4) is 0 Å². The zero-order valence-electron chi connectivity index (χ0n) is 12.8. The number of rotatable bonds is 2. The smallest absolute Gasteiger partial charge is 0.221 e. The van der Waals surface area contributed by atoms with Crippen LogP contribution < -0.4 is 15.4 Å². The summed E-state index contributed by atoms with van der Waals surface area (Å²) in [7, 11) is 1.62. The number of pyridine rings is 1. The molecule has 5 heteroatoms.